The van der Waals surface area contributed by atoms with Crippen molar-refractivity contribution in [3.05, 3.63) is 36.3 Å². The third-order valence-electron chi connectivity index (χ3n) is 3.42. The number of aryl methyl sites for hydroxylation is 1. The van der Waals surface area contributed by atoms with Crippen LogP contribution in [0.5, 0.6) is 0 Å². The molecule has 3 rings (SSSR count). The maximum absolute atomic E-state index is 4.58. The Morgan fingerprint density at radius 1 is 1.10 bits per heavy atom. The molecular weight excluding hydrogens is 250 g/mol. The Morgan fingerprint density at radius 3 is 2.90 bits per heavy atom. The summed E-state index contributed by atoms with van der Waals surface area (Å²) in [7, 11) is 0. The zero-order valence-corrected chi connectivity index (χ0v) is 11.7. The smallest absolute Gasteiger partial charge is 0.132 e. The lowest BCUT2D eigenvalue weighted by Crippen LogP contribution is -2.28. The molecular formula is C15H19N5. The molecule has 0 atom stereocenters. The summed E-state index contributed by atoms with van der Waals surface area (Å²) in [6, 6.07) is 7.92. The number of nitrogens with zero attached hydrogens (tertiary/aromatic N) is 4. The van der Waals surface area contributed by atoms with E-state index in [1.165, 1.54) is 0 Å². The van der Waals surface area contributed by atoms with Gasteiger partial charge in [-0.05, 0) is 32.0 Å². The van der Waals surface area contributed by atoms with Crippen molar-refractivity contribution in [2.24, 2.45) is 0 Å². The molecule has 1 fully saturated rings. The van der Waals surface area contributed by atoms with E-state index < -0.39 is 0 Å². The van der Waals surface area contributed by atoms with Gasteiger partial charge in [0, 0.05) is 31.9 Å². The summed E-state index contributed by atoms with van der Waals surface area (Å²) in [5.74, 6) is 1.79. The number of anilines is 1. The van der Waals surface area contributed by atoms with Crippen LogP contribution < -0.4 is 10.2 Å². The second-order valence-corrected chi connectivity index (χ2v) is 4.96. The van der Waals surface area contributed by atoms with Gasteiger partial charge in [0.1, 0.15) is 11.6 Å². The van der Waals surface area contributed by atoms with E-state index in [1.807, 2.05) is 31.2 Å². The van der Waals surface area contributed by atoms with Crippen molar-refractivity contribution in [3.63, 3.8) is 0 Å². The second kappa shape index (κ2) is 5.96. The fraction of sp³-hybridized carbons (Fsp3) is 0.400. The normalized spacial score (nSPS) is 15.9. The van der Waals surface area contributed by atoms with E-state index in [1.54, 1.807) is 6.20 Å². The number of pyridine rings is 1. The van der Waals surface area contributed by atoms with Gasteiger partial charge in [-0.2, -0.15) is 0 Å². The molecule has 1 saturated heterocycles. The minimum Gasteiger partial charge on any atom is -0.355 e. The number of hydrogen-bond donors (Lipinski definition) is 1. The SMILES string of the molecule is Cc1nc(-c2ccccn2)cc(N2CCCNCC2)n1. The molecule has 0 bridgehead atoms. The molecule has 0 saturated carbocycles. The molecule has 1 aliphatic rings. The highest BCUT2D eigenvalue weighted by atomic mass is 15.2. The Bertz CT molecular complexity index is 562. The monoisotopic (exact) mass is 269 g/mol. The van der Waals surface area contributed by atoms with Crippen LogP contribution in [-0.4, -0.2) is 41.1 Å². The summed E-state index contributed by atoms with van der Waals surface area (Å²) in [4.78, 5) is 15.8. The van der Waals surface area contributed by atoms with Gasteiger partial charge in [-0.1, -0.05) is 6.07 Å². The molecule has 2 aromatic rings. The molecule has 1 N–H and O–H groups in total. The predicted molar refractivity (Wildman–Crippen MR) is 79.7 cm³/mol. The Kier molecular flexibility index (Phi) is 3.87. The van der Waals surface area contributed by atoms with E-state index in [4.69, 9.17) is 0 Å². The maximum Gasteiger partial charge on any atom is 0.132 e. The van der Waals surface area contributed by atoms with Gasteiger partial charge in [0.2, 0.25) is 0 Å². The summed E-state index contributed by atoms with van der Waals surface area (Å²) in [6.45, 7) is 6.03. The Morgan fingerprint density at radius 2 is 2.05 bits per heavy atom. The Balaban J connectivity index is 1.94. The molecule has 1 aliphatic heterocycles. The molecule has 20 heavy (non-hydrogen) atoms. The van der Waals surface area contributed by atoms with Gasteiger partial charge in [0.05, 0.1) is 11.4 Å². The lowest BCUT2D eigenvalue weighted by molar-refractivity contribution is 0.724. The zero-order valence-electron chi connectivity index (χ0n) is 11.7. The second-order valence-electron chi connectivity index (χ2n) is 4.96. The summed E-state index contributed by atoms with van der Waals surface area (Å²) in [5, 5.41) is 3.41. The van der Waals surface area contributed by atoms with Crippen LogP contribution >= 0.6 is 0 Å². The predicted octanol–water partition coefficient (Wildman–Crippen LogP) is 1.65. The topological polar surface area (TPSA) is 53.9 Å². The first kappa shape index (κ1) is 13.0. The van der Waals surface area contributed by atoms with Gasteiger partial charge in [-0.25, -0.2) is 9.97 Å². The summed E-state index contributed by atoms with van der Waals surface area (Å²) < 4.78 is 0. The Hall–Kier alpha value is -2.01. The van der Waals surface area contributed by atoms with Gasteiger partial charge >= 0.3 is 0 Å². The molecule has 0 aliphatic carbocycles. The van der Waals surface area contributed by atoms with Crippen molar-refractivity contribution < 1.29 is 0 Å². The van der Waals surface area contributed by atoms with Crippen LogP contribution in [0.2, 0.25) is 0 Å². The number of hydrogen-bond acceptors (Lipinski definition) is 5. The van der Waals surface area contributed by atoms with Crippen LogP contribution in [0.4, 0.5) is 5.82 Å². The highest BCUT2D eigenvalue weighted by molar-refractivity contribution is 5.59. The number of rotatable bonds is 2. The number of nitrogens with one attached hydrogen (secondary N) is 1. The summed E-state index contributed by atoms with van der Waals surface area (Å²) in [5.41, 5.74) is 1.79. The van der Waals surface area contributed by atoms with Crippen molar-refractivity contribution in [2.75, 3.05) is 31.1 Å². The minimum atomic E-state index is 0.792. The lowest BCUT2D eigenvalue weighted by atomic mass is 10.2. The van der Waals surface area contributed by atoms with Crippen LogP contribution in [-0.2, 0) is 0 Å². The van der Waals surface area contributed by atoms with E-state index in [2.05, 4.69) is 25.2 Å². The summed E-state index contributed by atoms with van der Waals surface area (Å²) in [6.07, 6.45) is 2.93. The van der Waals surface area contributed by atoms with Crippen molar-refractivity contribution in [1.82, 2.24) is 20.3 Å². The highest BCUT2D eigenvalue weighted by Crippen LogP contribution is 2.20. The molecule has 5 heteroatoms. The molecule has 0 unspecified atom stereocenters. The van der Waals surface area contributed by atoms with E-state index in [0.717, 1.165) is 55.6 Å². The van der Waals surface area contributed by atoms with Crippen LogP contribution in [0, 0.1) is 6.92 Å². The fourth-order valence-electron chi connectivity index (χ4n) is 2.43. The largest absolute Gasteiger partial charge is 0.355 e. The quantitative estimate of drug-likeness (QED) is 0.898. The minimum absolute atomic E-state index is 0.792. The molecule has 0 amide bonds. The summed E-state index contributed by atoms with van der Waals surface area (Å²) >= 11 is 0. The average molecular weight is 269 g/mol. The van der Waals surface area contributed by atoms with Crippen LogP contribution in [0.3, 0.4) is 0 Å². The van der Waals surface area contributed by atoms with E-state index in [0.29, 0.717) is 0 Å². The van der Waals surface area contributed by atoms with Crippen LogP contribution in [0.25, 0.3) is 11.4 Å². The fourth-order valence-corrected chi connectivity index (χ4v) is 2.43. The van der Waals surface area contributed by atoms with Crippen molar-refractivity contribution in [2.45, 2.75) is 13.3 Å². The first-order valence-electron chi connectivity index (χ1n) is 7.06. The van der Waals surface area contributed by atoms with Gasteiger partial charge < -0.3 is 10.2 Å². The van der Waals surface area contributed by atoms with Gasteiger partial charge in [-0.3, -0.25) is 4.98 Å². The zero-order chi connectivity index (χ0) is 13.8. The first-order chi connectivity index (χ1) is 9.83. The molecule has 0 spiro atoms. The van der Waals surface area contributed by atoms with Crippen molar-refractivity contribution in [3.8, 4) is 11.4 Å². The average Bonchev–Trinajstić information content (AvgIpc) is 2.77. The van der Waals surface area contributed by atoms with Gasteiger partial charge in [0.25, 0.3) is 0 Å². The maximum atomic E-state index is 4.58. The molecule has 0 radical (unpaired) electrons. The third kappa shape index (κ3) is 2.93. The van der Waals surface area contributed by atoms with Crippen LogP contribution in [0.15, 0.2) is 30.5 Å². The third-order valence-corrected chi connectivity index (χ3v) is 3.42. The van der Waals surface area contributed by atoms with E-state index >= 15 is 0 Å². The molecule has 5 nitrogen and oxygen atoms in total. The van der Waals surface area contributed by atoms with Gasteiger partial charge in [0.15, 0.2) is 0 Å². The molecule has 104 valence electrons. The van der Waals surface area contributed by atoms with Crippen molar-refractivity contribution >= 4 is 5.82 Å². The van der Waals surface area contributed by atoms with E-state index in [-0.39, 0.29) is 0 Å². The van der Waals surface area contributed by atoms with Crippen LogP contribution in [0.1, 0.15) is 12.2 Å². The molecule has 3 heterocycles. The Labute approximate surface area is 119 Å². The highest BCUT2D eigenvalue weighted by Gasteiger charge is 2.13. The first-order valence-corrected chi connectivity index (χ1v) is 7.06. The lowest BCUT2D eigenvalue weighted by Gasteiger charge is -2.21. The molecule has 0 aromatic carbocycles. The molecule has 2 aromatic heterocycles. The number of aromatic nitrogens is 3. The van der Waals surface area contributed by atoms with Gasteiger partial charge in [-0.15, -0.1) is 0 Å². The standard InChI is InChI=1S/C15H19N5/c1-12-18-14(13-5-2-3-7-17-13)11-15(19-12)20-9-4-6-16-8-10-20/h2-3,5,7,11,16H,4,6,8-10H2,1H3. The van der Waals surface area contributed by atoms with Crippen molar-refractivity contribution in [1.29, 1.82) is 0 Å². The van der Waals surface area contributed by atoms with E-state index in [9.17, 15) is 0 Å².